The van der Waals surface area contributed by atoms with Crippen LogP contribution < -0.4 is 5.32 Å². The Morgan fingerprint density at radius 3 is 2.33 bits per heavy atom. The third-order valence-corrected chi connectivity index (χ3v) is 6.04. The summed E-state index contributed by atoms with van der Waals surface area (Å²) < 4.78 is 0.875. The second-order valence-corrected chi connectivity index (χ2v) is 8.10. The molecule has 1 N–H and O–H groups in total. The fourth-order valence-corrected chi connectivity index (χ4v) is 4.23. The average molecular weight is 379 g/mol. The molecule has 1 rings (SSSR count). The first-order valence-electron chi connectivity index (χ1n) is 11.4. The molecule has 0 aliphatic carbocycles. The van der Waals surface area contributed by atoms with Crippen molar-refractivity contribution in [2.24, 2.45) is 4.99 Å². The number of quaternary nitrogens is 1. The van der Waals surface area contributed by atoms with Gasteiger partial charge in [-0.3, -0.25) is 9.28 Å². The molecule has 1 heterocycles. The van der Waals surface area contributed by atoms with Crippen LogP contribution in [0.15, 0.2) is 17.1 Å². The predicted molar refractivity (Wildman–Crippen MR) is 117 cm³/mol. The molecule has 0 spiro atoms. The number of hydrogen-bond donors (Lipinski definition) is 1. The van der Waals surface area contributed by atoms with Crippen LogP contribution in [0.25, 0.3) is 0 Å². The molecule has 0 fully saturated rings. The lowest BCUT2D eigenvalue weighted by Gasteiger charge is -2.42. The minimum absolute atomic E-state index is 0.0533. The van der Waals surface area contributed by atoms with Crippen LogP contribution in [-0.4, -0.2) is 42.0 Å². The van der Waals surface area contributed by atoms with E-state index in [1.165, 1.54) is 64.2 Å². The number of rotatable bonds is 15. The van der Waals surface area contributed by atoms with Gasteiger partial charge in [-0.2, -0.15) is 0 Å². The first-order valence-corrected chi connectivity index (χ1v) is 11.4. The van der Waals surface area contributed by atoms with E-state index < -0.39 is 0 Å². The number of hydrogen-bond acceptors (Lipinski definition) is 2. The Morgan fingerprint density at radius 2 is 1.74 bits per heavy atom. The first kappa shape index (κ1) is 23.9. The standard InChI is InChI=1S/C23H43N3O/c1-5-7-8-9-10-11-12-13-14-15-16-17-18-23-24-19-20-26(23,6-2)21(3)25-22(4)27/h11-12,19,21,23H,5-10,13-18,20H2,1-4H3/p+1/b12-11+. The zero-order valence-electron chi connectivity index (χ0n) is 18.4. The lowest BCUT2D eigenvalue weighted by Crippen LogP contribution is -2.63. The third kappa shape index (κ3) is 8.59. The molecule has 3 atom stereocenters. The highest BCUT2D eigenvalue weighted by Crippen LogP contribution is 2.27. The zero-order valence-corrected chi connectivity index (χ0v) is 18.4. The zero-order chi connectivity index (χ0) is 20.0. The van der Waals surface area contributed by atoms with Crippen molar-refractivity contribution in [2.75, 3.05) is 13.1 Å². The maximum Gasteiger partial charge on any atom is 0.221 e. The molecule has 0 radical (unpaired) electrons. The topological polar surface area (TPSA) is 41.5 Å². The number of nitrogens with one attached hydrogen (secondary N) is 1. The van der Waals surface area contributed by atoms with E-state index in [-0.39, 0.29) is 12.1 Å². The van der Waals surface area contributed by atoms with Crippen LogP contribution >= 0.6 is 0 Å². The third-order valence-electron chi connectivity index (χ3n) is 6.04. The number of carbonyl (C=O) groups is 1. The summed E-state index contributed by atoms with van der Waals surface area (Å²) in [6.07, 6.45) is 21.4. The summed E-state index contributed by atoms with van der Waals surface area (Å²) in [5.41, 5.74) is 0. The number of carbonyl (C=O) groups excluding carboxylic acids is 1. The molecule has 0 aromatic rings. The molecular formula is C23H44N3O+. The van der Waals surface area contributed by atoms with E-state index in [1.807, 2.05) is 0 Å². The Bertz CT molecular complexity index is 461. The van der Waals surface area contributed by atoms with Gasteiger partial charge in [0.1, 0.15) is 6.54 Å². The van der Waals surface area contributed by atoms with Crippen molar-refractivity contribution in [1.29, 1.82) is 0 Å². The molecule has 1 aliphatic heterocycles. The van der Waals surface area contributed by atoms with E-state index in [9.17, 15) is 4.79 Å². The number of amides is 1. The molecule has 0 saturated carbocycles. The normalized spacial score (nSPS) is 23.2. The van der Waals surface area contributed by atoms with Gasteiger partial charge in [-0.15, -0.1) is 0 Å². The maximum absolute atomic E-state index is 11.5. The Labute approximate surface area is 168 Å². The van der Waals surface area contributed by atoms with Gasteiger partial charge in [-0.25, -0.2) is 4.99 Å². The van der Waals surface area contributed by atoms with E-state index in [1.54, 1.807) is 6.92 Å². The molecule has 4 heteroatoms. The van der Waals surface area contributed by atoms with Crippen LogP contribution in [0.4, 0.5) is 0 Å². The molecule has 0 aromatic heterocycles. The summed E-state index contributed by atoms with van der Waals surface area (Å²) in [5.74, 6) is 0.0533. The lowest BCUT2D eigenvalue weighted by molar-refractivity contribution is -0.959. The van der Waals surface area contributed by atoms with Crippen molar-refractivity contribution in [3.63, 3.8) is 0 Å². The Hall–Kier alpha value is -1.16. The highest BCUT2D eigenvalue weighted by molar-refractivity contribution is 5.73. The number of nitrogens with zero attached hydrogens (tertiary/aromatic N) is 2. The van der Waals surface area contributed by atoms with Crippen LogP contribution in [0.3, 0.4) is 0 Å². The number of unbranched alkanes of at least 4 members (excludes halogenated alkanes) is 8. The molecular weight excluding hydrogens is 334 g/mol. The molecule has 4 nitrogen and oxygen atoms in total. The highest BCUT2D eigenvalue weighted by Gasteiger charge is 2.42. The quantitative estimate of drug-likeness (QED) is 0.225. The van der Waals surface area contributed by atoms with Crippen LogP contribution in [0.1, 0.15) is 98.3 Å². The van der Waals surface area contributed by atoms with Crippen molar-refractivity contribution < 1.29 is 9.28 Å². The van der Waals surface area contributed by atoms with Crippen LogP contribution in [0.2, 0.25) is 0 Å². The highest BCUT2D eigenvalue weighted by atomic mass is 16.1. The summed E-state index contributed by atoms with van der Waals surface area (Å²) in [7, 11) is 0. The van der Waals surface area contributed by atoms with Gasteiger partial charge >= 0.3 is 0 Å². The number of allylic oxidation sites excluding steroid dienone is 2. The second-order valence-electron chi connectivity index (χ2n) is 8.10. The molecule has 0 bridgehead atoms. The minimum atomic E-state index is 0.0533. The fraction of sp³-hybridized carbons (Fsp3) is 0.826. The van der Waals surface area contributed by atoms with E-state index in [4.69, 9.17) is 4.99 Å². The van der Waals surface area contributed by atoms with Gasteiger partial charge in [0, 0.05) is 20.3 Å². The molecule has 1 aliphatic rings. The summed E-state index contributed by atoms with van der Waals surface area (Å²) in [4.78, 5) is 16.2. The minimum Gasteiger partial charge on any atom is -0.307 e. The van der Waals surface area contributed by atoms with E-state index >= 15 is 0 Å². The molecule has 27 heavy (non-hydrogen) atoms. The average Bonchev–Trinajstić information content (AvgIpc) is 3.06. The van der Waals surface area contributed by atoms with E-state index in [0.29, 0.717) is 6.17 Å². The molecule has 1 amide bonds. The fourth-order valence-electron chi connectivity index (χ4n) is 4.23. The van der Waals surface area contributed by atoms with Crippen LogP contribution in [0.5, 0.6) is 0 Å². The Kier molecular flexibility index (Phi) is 12.3. The summed E-state index contributed by atoms with van der Waals surface area (Å²) in [6.45, 7) is 10.2. The largest absolute Gasteiger partial charge is 0.307 e. The summed E-state index contributed by atoms with van der Waals surface area (Å²) in [6, 6.07) is 0. The van der Waals surface area contributed by atoms with Gasteiger partial charge in [0.25, 0.3) is 0 Å². The van der Waals surface area contributed by atoms with Gasteiger partial charge in [0.2, 0.25) is 5.91 Å². The van der Waals surface area contributed by atoms with Crippen molar-refractivity contribution in [1.82, 2.24) is 5.32 Å². The smallest absolute Gasteiger partial charge is 0.221 e. The Balaban J connectivity index is 2.18. The molecule has 3 unspecified atom stereocenters. The van der Waals surface area contributed by atoms with E-state index in [0.717, 1.165) is 24.0 Å². The SMILES string of the molecule is CCCCCC/C=C/CCCCCCC1N=CC[N+]1(CC)C(C)NC(C)=O. The lowest BCUT2D eigenvalue weighted by atomic mass is 10.1. The van der Waals surface area contributed by atoms with Gasteiger partial charge < -0.3 is 5.32 Å². The van der Waals surface area contributed by atoms with Gasteiger partial charge in [0.15, 0.2) is 12.3 Å². The molecule has 0 saturated heterocycles. The van der Waals surface area contributed by atoms with Crippen molar-refractivity contribution >= 4 is 12.1 Å². The van der Waals surface area contributed by atoms with Gasteiger partial charge in [-0.1, -0.05) is 51.2 Å². The molecule has 0 aromatic carbocycles. The maximum atomic E-state index is 11.5. The van der Waals surface area contributed by atoms with Crippen molar-refractivity contribution in [3.05, 3.63) is 12.2 Å². The second kappa shape index (κ2) is 13.9. The monoisotopic (exact) mass is 378 g/mol. The Morgan fingerprint density at radius 1 is 1.11 bits per heavy atom. The van der Waals surface area contributed by atoms with Gasteiger partial charge in [0.05, 0.1) is 12.8 Å². The summed E-state index contributed by atoms with van der Waals surface area (Å²) >= 11 is 0. The predicted octanol–water partition coefficient (Wildman–Crippen LogP) is 5.58. The van der Waals surface area contributed by atoms with Crippen molar-refractivity contribution in [3.8, 4) is 0 Å². The number of aliphatic imine (C=N–C) groups is 1. The van der Waals surface area contributed by atoms with E-state index in [2.05, 4.69) is 44.5 Å². The molecule has 156 valence electrons. The van der Waals surface area contributed by atoms with Crippen LogP contribution in [0, 0.1) is 0 Å². The van der Waals surface area contributed by atoms with Crippen molar-refractivity contribution in [2.45, 2.75) is 111 Å². The first-order chi connectivity index (χ1) is 13.1. The van der Waals surface area contributed by atoms with Gasteiger partial charge in [-0.05, 0) is 39.0 Å². The van der Waals surface area contributed by atoms with Crippen LogP contribution in [-0.2, 0) is 4.79 Å². The summed E-state index contributed by atoms with van der Waals surface area (Å²) in [5, 5.41) is 3.10.